The molecular weight excluding hydrogens is 248 g/mol. The van der Waals surface area contributed by atoms with Crippen LogP contribution in [0.2, 0.25) is 0 Å². The van der Waals surface area contributed by atoms with Crippen molar-refractivity contribution < 1.29 is 0 Å². The first-order valence-electron chi connectivity index (χ1n) is 6.94. The molecule has 0 unspecified atom stereocenters. The van der Waals surface area contributed by atoms with Crippen LogP contribution in [0.25, 0.3) is 10.9 Å². The SMILES string of the molecule is CNC1=C(C(=N)c2c[nH]c3ccccc23)CN(C)CC1. The lowest BCUT2D eigenvalue weighted by Crippen LogP contribution is -2.34. The van der Waals surface area contributed by atoms with Gasteiger partial charge in [0, 0.05) is 60.5 Å². The molecule has 1 aliphatic rings. The number of nitrogens with zero attached hydrogens (tertiary/aromatic N) is 1. The van der Waals surface area contributed by atoms with E-state index in [1.807, 2.05) is 31.4 Å². The number of likely N-dealkylation sites (N-methyl/N-ethyl adjacent to an activating group) is 1. The summed E-state index contributed by atoms with van der Waals surface area (Å²) in [5.41, 5.74) is 4.99. The van der Waals surface area contributed by atoms with Crippen molar-refractivity contribution in [3.8, 4) is 0 Å². The molecule has 4 heteroatoms. The first kappa shape index (κ1) is 12.9. The van der Waals surface area contributed by atoms with Crippen molar-refractivity contribution in [1.29, 1.82) is 5.41 Å². The van der Waals surface area contributed by atoms with Crippen molar-refractivity contribution in [3.63, 3.8) is 0 Å². The van der Waals surface area contributed by atoms with Gasteiger partial charge in [0.15, 0.2) is 0 Å². The van der Waals surface area contributed by atoms with Crippen molar-refractivity contribution >= 4 is 16.6 Å². The normalized spacial score (nSPS) is 16.7. The summed E-state index contributed by atoms with van der Waals surface area (Å²) in [5, 5.41) is 13.0. The molecule has 0 saturated carbocycles. The molecule has 1 aromatic heterocycles. The van der Waals surface area contributed by atoms with Gasteiger partial charge >= 0.3 is 0 Å². The summed E-state index contributed by atoms with van der Waals surface area (Å²) in [6.07, 6.45) is 2.93. The highest BCUT2D eigenvalue weighted by Gasteiger charge is 2.21. The highest BCUT2D eigenvalue weighted by Crippen LogP contribution is 2.24. The second-order valence-electron chi connectivity index (χ2n) is 5.32. The molecule has 0 amide bonds. The molecule has 0 saturated heterocycles. The third kappa shape index (κ3) is 2.12. The van der Waals surface area contributed by atoms with Gasteiger partial charge in [-0.3, -0.25) is 5.41 Å². The summed E-state index contributed by atoms with van der Waals surface area (Å²) in [6.45, 7) is 1.87. The average Bonchev–Trinajstić information content (AvgIpc) is 2.90. The molecule has 3 N–H and O–H groups in total. The quantitative estimate of drug-likeness (QED) is 0.748. The Kier molecular flexibility index (Phi) is 3.32. The number of hydrogen-bond acceptors (Lipinski definition) is 3. The maximum atomic E-state index is 8.60. The summed E-state index contributed by atoms with van der Waals surface area (Å²) < 4.78 is 0. The van der Waals surface area contributed by atoms with Gasteiger partial charge in [0.2, 0.25) is 0 Å². The lowest BCUT2D eigenvalue weighted by atomic mass is 9.96. The minimum atomic E-state index is 0.623. The second-order valence-corrected chi connectivity index (χ2v) is 5.32. The molecule has 0 fully saturated rings. The number of aromatic amines is 1. The molecule has 0 spiro atoms. The first-order valence-corrected chi connectivity index (χ1v) is 6.94. The topological polar surface area (TPSA) is 54.9 Å². The number of nitrogens with one attached hydrogen (secondary N) is 3. The van der Waals surface area contributed by atoms with Gasteiger partial charge < -0.3 is 15.2 Å². The molecule has 0 aliphatic carbocycles. The second kappa shape index (κ2) is 5.13. The third-order valence-electron chi connectivity index (χ3n) is 4.00. The Bertz CT molecular complexity index is 681. The molecular formula is C16H20N4. The molecule has 0 atom stereocenters. The van der Waals surface area contributed by atoms with Crippen LogP contribution < -0.4 is 5.32 Å². The number of aromatic nitrogens is 1. The lowest BCUT2D eigenvalue weighted by Gasteiger charge is -2.28. The lowest BCUT2D eigenvalue weighted by molar-refractivity contribution is 0.349. The largest absolute Gasteiger partial charge is 0.391 e. The summed E-state index contributed by atoms with van der Waals surface area (Å²) in [5.74, 6) is 0. The number of rotatable bonds is 3. The zero-order chi connectivity index (χ0) is 14.1. The van der Waals surface area contributed by atoms with Gasteiger partial charge in [0.05, 0.1) is 5.71 Å². The molecule has 4 nitrogen and oxygen atoms in total. The van der Waals surface area contributed by atoms with E-state index in [1.54, 1.807) is 0 Å². The minimum Gasteiger partial charge on any atom is -0.391 e. The fourth-order valence-electron chi connectivity index (χ4n) is 2.84. The van der Waals surface area contributed by atoms with Gasteiger partial charge in [-0.15, -0.1) is 0 Å². The van der Waals surface area contributed by atoms with E-state index >= 15 is 0 Å². The predicted molar refractivity (Wildman–Crippen MR) is 83.3 cm³/mol. The third-order valence-corrected chi connectivity index (χ3v) is 4.00. The van der Waals surface area contributed by atoms with Crippen LogP contribution in [0, 0.1) is 5.41 Å². The number of para-hydroxylation sites is 1. The fraction of sp³-hybridized carbons (Fsp3) is 0.312. The van der Waals surface area contributed by atoms with Gasteiger partial charge in [0.25, 0.3) is 0 Å². The molecule has 3 rings (SSSR count). The maximum absolute atomic E-state index is 8.60. The van der Waals surface area contributed by atoms with Crippen molar-refractivity contribution in [2.75, 3.05) is 27.2 Å². The van der Waals surface area contributed by atoms with Crippen molar-refractivity contribution in [2.24, 2.45) is 0 Å². The Hall–Kier alpha value is -2.07. The van der Waals surface area contributed by atoms with Crippen molar-refractivity contribution in [1.82, 2.24) is 15.2 Å². The molecule has 104 valence electrons. The molecule has 1 aliphatic heterocycles. The summed E-state index contributed by atoms with van der Waals surface area (Å²) in [7, 11) is 4.05. The number of fused-ring (bicyclic) bond motifs is 1. The first-order chi connectivity index (χ1) is 9.70. The molecule has 20 heavy (non-hydrogen) atoms. The van der Waals surface area contributed by atoms with Gasteiger partial charge in [0.1, 0.15) is 0 Å². The van der Waals surface area contributed by atoms with Crippen LogP contribution in [0.4, 0.5) is 0 Å². The Morgan fingerprint density at radius 3 is 2.95 bits per heavy atom. The zero-order valence-electron chi connectivity index (χ0n) is 12.0. The van der Waals surface area contributed by atoms with E-state index in [2.05, 4.69) is 28.3 Å². The Balaban J connectivity index is 2.05. The molecule has 0 bridgehead atoms. The van der Waals surface area contributed by atoms with E-state index < -0.39 is 0 Å². The monoisotopic (exact) mass is 268 g/mol. The van der Waals surface area contributed by atoms with E-state index in [4.69, 9.17) is 5.41 Å². The smallest absolute Gasteiger partial charge is 0.0695 e. The highest BCUT2D eigenvalue weighted by atomic mass is 15.1. The van der Waals surface area contributed by atoms with E-state index in [0.717, 1.165) is 41.5 Å². The maximum Gasteiger partial charge on any atom is 0.0695 e. The molecule has 2 aromatic rings. The molecule has 0 radical (unpaired) electrons. The predicted octanol–water partition coefficient (Wildman–Crippen LogP) is 2.34. The average molecular weight is 268 g/mol. The van der Waals surface area contributed by atoms with Crippen LogP contribution in [0.1, 0.15) is 12.0 Å². The molecule has 2 heterocycles. The van der Waals surface area contributed by atoms with Crippen LogP contribution in [0.3, 0.4) is 0 Å². The van der Waals surface area contributed by atoms with E-state index in [-0.39, 0.29) is 0 Å². The van der Waals surface area contributed by atoms with Gasteiger partial charge in [-0.2, -0.15) is 0 Å². The van der Waals surface area contributed by atoms with Crippen LogP contribution >= 0.6 is 0 Å². The van der Waals surface area contributed by atoms with Gasteiger partial charge in [-0.05, 0) is 13.1 Å². The summed E-state index contributed by atoms with van der Waals surface area (Å²) in [6, 6.07) is 8.15. The Morgan fingerprint density at radius 2 is 2.15 bits per heavy atom. The fourth-order valence-corrected chi connectivity index (χ4v) is 2.84. The van der Waals surface area contributed by atoms with Gasteiger partial charge in [-0.1, -0.05) is 18.2 Å². The minimum absolute atomic E-state index is 0.623. The highest BCUT2D eigenvalue weighted by molar-refractivity contribution is 6.18. The Morgan fingerprint density at radius 1 is 1.35 bits per heavy atom. The van der Waals surface area contributed by atoms with Gasteiger partial charge in [-0.25, -0.2) is 0 Å². The van der Waals surface area contributed by atoms with Crippen molar-refractivity contribution in [3.05, 3.63) is 47.3 Å². The van der Waals surface area contributed by atoms with E-state index in [0.29, 0.717) is 5.71 Å². The van der Waals surface area contributed by atoms with Crippen LogP contribution in [-0.2, 0) is 0 Å². The number of hydrogen-bond donors (Lipinski definition) is 3. The standard InChI is InChI=1S/C16H20N4/c1-18-14-7-8-20(2)10-13(14)16(17)12-9-19-15-6-4-3-5-11(12)15/h3-6,9,17-19H,7-8,10H2,1-2H3. The van der Waals surface area contributed by atoms with Crippen LogP contribution in [0.15, 0.2) is 41.7 Å². The van der Waals surface area contributed by atoms with E-state index in [1.165, 1.54) is 5.70 Å². The van der Waals surface area contributed by atoms with Crippen LogP contribution in [0.5, 0.6) is 0 Å². The molecule has 1 aromatic carbocycles. The van der Waals surface area contributed by atoms with Crippen molar-refractivity contribution in [2.45, 2.75) is 6.42 Å². The van der Waals surface area contributed by atoms with E-state index in [9.17, 15) is 0 Å². The number of benzene rings is 1. The Labute approximate surface area is 119 Å². The summed E-state index contributed by atoms with van der Waals surface area (Å²) in [4.78, 5) is 5.52. The number of H-pyrrole nitrogens is 1. The zero-order valence-corrected chi connectivity index (χ0v) is 12.0. The van der Waals surface area contributed by atoms with Crippen LogP contribution in [-0.4, -0.2) is 42.8 Å². The summed E-state index contributed by atoms with van der Waals surface area (Å²) >= 11 is 0.